The maximum atomic E-state index is 12.4. The average molecular weight is 267 g/mol. The van der Waals surface area contributed by atoms with Crippen LogP contribution in [0, 0.1) is 5.92 Å². The Balaban J connectivity index is 2.11. The Bertz CT molecular complexity index is 424. The highest BCUT2D eigenvalue weighted by molar-refractivity contribution is 7.09. The SMILES string of the molecule is CC(C)CN(C(=O)c1csc(C(C)N)n1)C1CC1. The number of rotatable bonds is 5. The molecule has 0 spiro atoms. The van der Waals surface area contributed by atoms with Gasteiger partial charge in [0.15, 0.2) is 0 Å². The van der Waals surface area contributed by atoms with Crippen LogP contribution in [-0.4, -0.2) is 28.4 Å². The van der Waals surface area contributed by atoms with Gasteiger partial charge in [-0.2, -0.15) is 0 Å². The van der Waals surface area contributed by atoms with Crippen molar-refractivity contribution in [3.05, 3.63) is 16.1 Å². The second kappa shape index (κ2) is 5.36. The zero-order valence-electron chi connectivity index (χ0n) is 11.2. The predicted octanol–water partition coefficient (Wildman–Crippen LogP) is 2.42. The molecule has 0 aromatic carbocycles. The lowest BCUT2D eigenvalue weighted by molar-refractivity contribution is 0.0717. The van der Waals surface area contributed by atoms with Crippen molar-refractivity contribution in [2.45, 2.75) is 45.7 Å². The van der Waals surface area contributed by atoms with Crippen molar-refractivity contribution in [2.24, 2.45) is 11.7 Å². The molecule has 1 aliphatic carbocycles. The third kappa shape index (κ3) is 3.09. The second-order valence-electron chi connectivity index (χ2n) is 5.44. The number of carbonyl (C=O) groups is 1. The molecule has 1 fully saturated rings. The van der Waals surface area contributed by atoms with Crippen LogP contribution in [0.25, 0.3) is 0 Å². The topological polar surface area (TPSA) is 59.2 Å². The zero-order chi connectivity index (χ0) is 13.3. The summed E-state index contributed by atoms with van der Waals surface area (Å²) in [7, 11) is 0. The van der Waals surface area contributed by atoms with E-state index in [1.807, 2.05) is 17.2 Å². The third-order valence-electron chi connectivity index (χ3n) is 2.94. The largest absolute Gasteiger partial charge is 0.334 e. The number of carbonyl (C=O) groups excluding carboxylic acids is 1. The Morgan fingerprint density at radius 1 is 1.56 bits per heavy atom. The molecule has 0 bridgehead atoms. The molecule has 2 rings (SSSR count). The Labute approximate surface area is 112 Å². The van der Waals surface area contributed by atoms with Crippen molar-refractivity contribution in [2.75, 3.05) is 6.54 Å². The van der Waals surface area contributed by atoms with E-state index in [-0.39, 0.29) is 11.9 Å². The van der Waals surface area contributed by atoms with Gasteiger partial charge < -0.3 is 10.6 Å². The van der Waals surface area contributed by atoms with Gasteiger partial charge in [-0.05, 0) is 25.7 Å². The lowest BCUT2D eigenvalue weighted by Gasteiger charge is -2.23. The highest BCUT2D eigenvalue weighted by Crippen LogP contribution is 2.29. The van der Waals surface area contributed by atoms with E-state index < -0.39 is 0 Å². The molecule has 1 aromatic rings. The van der Waals surface area contributed by atoms with Crippen molar-refractivity contribution in [3.63, 3.8) is 0 Å². The molecule has 18 heavy (non-hydrogen) atoms. The Kier molecular flexibility index (Phi) is 4.02. The molecular weight excluding hydrogens is 246 g/mol. The van der Waals surface area contributed by atoms with Crippen LogP contribution in [0.3, 0.4) is 0 Å². The van der Waals surface area contributed by atoms with Crippen LogP contribution in [0.4, 0.5) is 0 Å². The Morgan fingerprint density at radius 2 is 2.22 bits per heavy atom. The molecule has 0 aliphatic heterocycles. The summed E-state index contributed by atoms with van der Waals surface area (Å²) in [5, 5.41) is 2.66. The van der Waals surface area contributed by atoms with Crippen LogP contribution in [-0.2, 0) is 0 Å². The molecule has 1 aromatic heterocycles. The van der Waals surface area contributed by atoms with Crippen LogP contribution in [0.1, 0.15) is 55.2 Å². The highest BCUT2D eigenvalue weighted by atomic mass is 32.1. The van der Waals surface area contributed by atoms with Crippen molar-refractivity contribution in [3.8, 4) is 0 Å². The van der Waals surface area contributed by atoms with Crippen molar-refractivity contribution >= 4 is 17.2 Å². The number of thiazole rings is 1. The first-order valence-electron chi connectivity index (χ1n) is 6.51. The number of nitrogens with zero attached hydrogens (tertiary/aromatic N) is 2. The molecule has 1 atom stereocenters. The summed E-state index contributed by atoms with van der Waals surface area (Å²) in [6.07, 6.45) is 2.26. The maximum absolute atomic E-state index is 12.4. The maximum Gasteiger partial charge on any atom is 0.273 e. The fourth-order valence-corrected chi connectivity index (χ4v) is 2.67. The predicted molar refractivity (Wildman–Crippen MR) is 73.6 cm³/mol. The summed E-state index contributed by atoms with van der Waals surface area (Å²) in [6.45, 7) is 6.97. The van der Waals surface area contributed by atoms with E-state index in [9.17, 15) is 4.79 Å². The van der Waals surface area contributed by atoms with E-state index in [0.29, 0.717) is 17.7 Å². The third-order valence-corrected chi connectivity index (χ3v) is 3.99. The zero-order valence-corrected chi connectivity index (χ0v) is 12.0. The van der Waals surface area contributed by atoms with Gasteiger partial charge in [-0.1, -0.05) is 13.8 Å². The molecule has 1 amide bonds. The molecule has 1 heterocycles. The van der Waals surface area contributed by atoms with Gasteiger partial charge in [0.1, 0.15) is 10.7 Å². The number of nitrogens with two attached hydrogens (primary N) is 1. The second-order valence-corrected chi connectivity index (χ2v) is 6.33. The van der Waals surface area contributed by atoms with Crippen LogP contribution >= 0.6 is 11.3 Å². The van der Waals surface area contributed by atoms with Crippen LogP contribution < -0.4 is 5.73 Å². The fourth-order valence-electron chi connectivity index (χ4n) is 1.92. The first-order chi connectivity index (χ1) is 8.49. The van der Waals surface area contributed by atoms with Gasteiger partial charge in [0, 0.05) is 18.0 Å². The van der Waals surface area contributed by atoms with Crippen molar-refractivity contribution in [1.82, 2.24) is 9.88 Å². The van der Waals surface area contributed by atoms with E-state index in [1.165, 1.54) is 11.3 Å². The van der Waals surface area contributed by atoms with Gasteiger partial charge in [-0.25, -0.2) is 4.98 Å². The summed E-state index contributed by atoms with van der Waals surface area (Å²) >= 11 is 1.47. The molecule has 2 N–H and O–H groups in total. The highest BCUT2D eigenvalue weighted by Gasteiger charge is 2.34. The van der Waals surface area contributed by atoms with Gasteiger partial charge in [0.2, 0.25) is 0 Å². The molecule has 0 saturated heterocycles. The van der Waals surface area contributed by atoms with E-state index in [2.05, 4.69) is 18.8 Å². The summed E-state index contributed by atoms with van der Waals surface area (Å²) in [5.41, 5.74) is 6.33. The van der Waals surface area contributed by atoms with E-state index in [0.717, 1.165) is 24.4 Å². The average Bonchev–Trinajstić information content (AvgIpc) is 3.00. The Hall–Kier alpha value is -0.940. The van der Waals surface area contributed by atoms with Crippen LogP contribution in [0.2, 0.25) is 0 Å². The lowest BCUT2D eigenvalue weighted by atomic mass is 10.2. The summed E-state index contributed by atoms with van der Waals surface area (Å²) in [4.78, 5) is 18.8. The Morgan fingerprint density at radius 3 is 2.67 bits per heavy atom. The molecule has 5 heteroatoms. The van der Waals surface area contributed by atoms with Crippen LogP contribution in [0.15, 0.2) is 5.38 Å². The fraction of sp³-hybridized carbons (Fsp3) is 0.692. The monoisotopic (exact) mass is 267 g/mol. The summed E-state index contributed by atoms with van der Waals surface area (Å²) in [6, 6.07) is 0.330. The van der Waals surface area contributed by atoms with Crippen LogP contribution in [0.5, 0.6) is 0 Å². The van der Waals surface area contributed by atoms with E-state index in [1.54, 1.807) is 0 Å². The summed E-state index contributed by atoms with van der Waals surface area (Å²) < 4.78 is 0. The molecular formula is C13H21N3OS. The molecule has 1 saturated carbocycles. The molecule has 1 aliphatic rings. The van der Waals surface area contributed by atoms with Gasteiger partial charge in [-0.15, -0.1) is 11.3 Å². The standard InChI is InChI=1S/C13H21N3OS/c1-8(2)6-16(10-4-5-10)13(17)11-7-18-12(15-11)9(3)14/h7-10H,4-6,14H2,1-3H3. The minimum Gasteiger partial charge on any atom is -0.334 e. The normalized spacial score (nSPS) is 16.9. The van der Waals surface area contributed by atoms with Gasteiger partial charge in [-0.3, -0.25) is 4.79 Å². The van der Waals surface area contributed by atoms with Crippen molar-refractivity contribution < 1.29 is 4.79 Å². The quantitative estimate of drug-likeness (QED) is 0.891. The minimum absolute atomic E-state index is 0.0642. The van der Waals surface area contributed by atoms with Gasteiger partial charge >= 0.3 is 0 Å². The summed E-state index contributed by atoms with van der Waals surface area (Å²) in [5.74, 6) is 0.551. The minimum atomic E-state index is -0.101. The lowest BCUT2D eigenvalue weighted by Crippen LogP contribution is -2.36. The molecule has 1 unspecified atom stereocenters. The number of amides is 1. The molecule has 100 valence electrons. The van der Waals surface area contributed by atoms with E-state index >= 15 is 0 Å². The number of hydrogen-bond donors (Lipinski definition) is 1. The number of hydrogen-bond acceptors (Lipinski definition) is 4. The number of aromatic nitrogens is 1. The van der Waals surface area contributed by atoms with Crippen molar-refractivity contribution in [1.29, 1.82) is 0 Å². The molecule has 4 nitrogen and oxygen atoms in total. The smallest absolute Gasteiger partial charge is 0.273 e. The van der Waals surface area contributed by atoms with Gasteiger partial charge in [0.05, 0.1) is 6.04 Å². The van der Waals surface area contributed by atoms with E-state index in [4.69, 9.17) is 5.73 Å². The first kappa shape index (κ1) is 13.5. The molecule has 0 radical (unpaired) electrons. The first-order valence-corrected chi connectivity index (χ1v) is 7.39. The van der Waals surface area contributed by atoms with Gasteiger partial charge in [0.25, 0.3) is 5.91 Å².